The number of aromatic nitrogens is 2. The van der Waals surface area contributed by atoms with Crippen LogP contribution < -0.4 is 5.32 Å². The van der Waals surface area contributed by atoms with E-state index in [1.165, 1.54) is 49.1 Å². The van der Waals surface area contributed by atoms with E-state index in [4.69, 9.17) is 0 Å². The van der Waals surface area contributed by atoms with E-state index in [1.54, 1.807) is 6.33 Å². The minimum atomic E-state index is 0.956. The fourth-order valence-electron chi connectivity index (χ4n) is 3.19. The van der Waals surface area contributed by atoms with E-state index in [0.29, 0.717) is 0 Å². The summed E-state index contributed by atoms with van der Waals surface area (Å²) in [4.78, 5) is 8.91. The molecule has 2 aliphatic rings. The highest BCUT2D eigenvalue weighted by molar-refractivity contribution is 5.27. The first-order valence-corrected chi connectivity index (χ1v) is 6.96. The fourth-order valence-corrected chi connectivity index (χ4v) is 3.19. The van der Waals surface area contributed by atoms with Gasteiger partial charge in [0.1, 0.15) is 6.33 Å². The van der Waals surface area contributed by atoms with Crippen molar-refractivity contribution < 1.29 is 0 Å². The van der Waals surface area contributed by atoms with Gasteiger partial charge in [-0.15, -0.1) is 0 Å². The molecule has 1 aliphatic heterocycles. The molecule has 92 valence electrons. The molecule has 0 spiro atoms. The highest BCUT2D eigenvalue weighted by atomic mass is 14.9. The van der Waals surface area contributed by atoms with Crippen LogP contribution in [0.2, 0.25) is 0 Å². The van der Waals surface area contributed by atoms with Crippen molar-refractivity contribution in [1.82, 2.24) is 15.3 Å². The first-order valence-electron chi connectivity index (χ1n) is 6.96. The van der Waals surface area contributed by atoms with Crippen molar-refractivity contribution in [2.75, 3.05) is 6.54 Å². The van der Waals surface area contributed by atoms with E-state index in [9.17, 15) is 0 Å². The molecule has 3 rings (SSSR count). The summed E-state index contributed by atoms with van der Waals surface area (Å²) < 4.78 is 0. The van der Waals surface area contributed by atoms with Crippen molar-refractivity contribution in [2.24, 2.45) is 5.92 Å². The molecule has 0 bridgehead atoms. The Morgan fingerprint density at radius 3 is 3.00 bits per heavy atom. The highest BCUT2D eigenvalue weighted by Crippen LogP contribution is 2.29. The van der Waals surface area contributed by atoms with Crippen molar-refractivity contribution in [3.05, 3.63) is 23.3 Å². The Balaban J connectivity index is 1.69. The summed E-state index contributed by atoms with van der Waals surface area (Å²) in [6.45, 7) is 2.03. The Kier molecular flexibility index (Phi) is 3.36. The molecule has 1 aromatic rings. The number of fused-ring (bicyclic) bond motifs is 1. The molecule has 0 aromatic carbocycles. The van der Waals surface area contributed by atoms with Crippen LogP contribution in [0.25, 0.3) is 0 Å². The SMILES string of the molecule is c1nc2c(c(CCC3CCCC3)n1)CNCC2. The van der Waals surface area contributed by atoms with Gasteiger partial charge in [0.15, 0.2) is 0 Å². The molecule has 1 saturated carbocycles. The zero-order valence-electron chi connectivity index (χ0n) is 10.4. The molecule has 0 atom stereocenters. The summed E-state index contributed by atoms with van der Waals surface area (Å²) in [5.74, 6) is 0.956. The van der Waals surface area contributed by atoms with Gasteiger partial charge in [0.25, 0.3) is 0 Å². The summed E-state index contributed by atoms with van der Waals surface area (Å²) in [6, 6.07) is 0. The van der Waals surface area contributed by atoms with Gasteiger partial charge in [-0.05, 0) is 18.8 Å². The summed E-state index contributed by atoms with van der Waals surface area (Å²) in [6.07, 6.45) is 11.0. The summed E-state index contributed by atoms with van der Waals surface area (Å²) in [7, 11) is 0. The topological polar surface area (TPSA) is 37.8 Å². The number of nitrogens with one attached hydrogen (secondary N) is 1. The lowest BCUT2D eigenvalue weighted by Crippen LogP contribution is -2.26. The molecule has 0 unspecified atom stereocenters. The second kappa shape index (κ2) is 5.13. The van der Waals surface area contributed by atoms with Crippen LogP contribution in [0.15, 0.2) is 6.33 Å². The molecule has 0 amide bonds. The zero-order valence-corrected chi connectivity index (χ0v) is 10.4. The maximum absolute atomic E-state index is 4.50. The van der Waals surface area contributed by atoms with Crippen LogP contribution in [0, 0.1) is 5.92 Å². The number of hydrogen-bond acceptors (Lipinski definition) is 3. The van der Waals surface area contributed by atoms with E-state index in [-0.39, 0.29) is 0 Å². The van der Waals surface area contributed by atoms with Gasteiger partial charge >= 0.3 is 0 Å². The Hall–Kier alpha value is -0.960. The van der Waals surface area contributed by atoms with Gasteiger partial charge in [-0.2, -0.15) is 0 Å². The van der Waals surface area contributed by atoms with Gasteiger partial charge in [-0.1, -0.05) is 25.7 Å². The lowest BCUT2D eigenvalue weighted by molar-refractivity contribution is 0.496. The molecule has 17 heavy (non-hydrogen) atoms. The lowest BCUT2D eigenvalue weighted by Gasteiger charge is -2.19. The van der Waals surface area contributed by atoms with Gasteiger partial charge < -0.3 is 5.32 Å². The van der Waals surface area contributed by atoms with E-state index in [0.717, 1.165) is 31.8 Å². The van der Waals surface area contributed by atoms with Crippen LogP contribution >= 0.6 is 0 Å². The predicted octanol–water partition coefficient (Wildman–Crippen LogP) is 2.25. The maximum Gasteiger partial charge on any atom is 0.115 e. The third kappa shape index (κ3) is 2.49. The van der Waals surface area contributed by atoms with Crippen LogP contribution in [-0.4, -0.2) is 16.5 Å². The Labute approximate surface area is 103 Å². The minimum absolute atomic E-state index is 0.956. The van der Waals surface area contributed by atoms with Crippen molar-refractivity contribution in [3.63, 3.8) is 0 Å². The van der Waals surface area contributed by atoms with Gasteiger partial charge in [-0.3, -0.25) is 0 Å². The average Bonchev–Trinajstić information content (AvgIpc) is 2.89. The average molecular weight is 231 g/mol. The van der Waals surface area contributed by atoms with E-state index >= 15 is 0 Å². The Bertz CT molecular complexity index is 383. The maximum atomic E-state index is 4.50. The van der Waals surface area contributed by atoms with Gasteiger partial charge in [0, 0.05) is 36.5 Å². The quantitative estimate of drug-likeness (QED) is 0.867. The summed E-state index contributed by atoms with van der Waals surface area (Å²) in [5, 5.41) is 3.43. The molecule has 2 heterocycles. The highest BCUT2D eigenvalue weighted by Gasteiger charge is 2.18. The molecular formula is C14H21N3. The second-order valence-electron chi connectivity index (χ2n) is 5.36. The second-order valence-corrected chi connectivity index (χ2v) is 5.36. The van der Waals surface area contributed by atoms with Crippen molar-refractivity contribution in [1.29, 1.82) is 0 Å². The van der Waals surface area contributed by atoms with Crippen LogP contribution in [0.3, 0.4) is 0 Å². The molecular weight excluding hydrogens is 210 g/mol. The molecule has 1 N–H and O–H groups in total. The first-order chi connectivity index (χ1) is 8.43. The lowest BCUT2D eigenvalue weighted by atomic mass is 9.97. The third-order valence-electron chi connectivity index (χ3n) is 4.23. The minimum Gasteiger partial charge on any atom is -0.312 e. The molecule has 3 nitrogen and oxygen atoms in total. The van der Waals surface area contributed by atoms with Crippen molar-refractivity contribution in [2.45, 2.75) is 51.5 Å². The van der Waals surface area contributed by atoms with Crippen LogP contribution in [0.5, 0.6) is 0 Å². The normalized spacial score (nSPS) is 20.5. The van der Waals surface area contributed by atoms with E-state index < -0.39 is 0 Å². The summed E-state index contributed by atoms with van der Waals surface area (Å²) >= 11 is 0. The molecule has 0 saturated heterocycles. The van der Waals surface area contributed by atoms with Crippen molar-refractivity contribution >= 4 is 0 Å². The van der Waals surface area contributed by atoms with Crippen molar-refractivity contribution in [3.8, 4) is 0 Å². The molecule has 3 heteroatoms. The predicted molar refractivity (Wildman–Crippen MR) is 67.7 cm³/mol. The van der Waals surface area contributed by atoms with Gasteiger partial charge in [0.05, 0.1) is 0 Å². The number of rotatable bonds is 3. The number of nitrogens with zero attached hydrogens (tertiary/aromatic N) is 2. The van der Waals surface area contributed by atoms with E-state index in [1.807, 2.05) is 0 Å². The standard InChI is InChI=1S/C14H21N3/c1-2-4-11(3-1)5-6-13-12-9-15-8-7-14(12)17-10-16-13/h10-11,15H,1-9H2. The van der Waals surface area contributed by atoms with Crippen LogP contribution in [-0.2, 0) is 19.4 Å². The van der Waals surface area contributed by atoms with Gasteiger partial charge in [-0.25, -0.2) is 9.97 Å². The van der Waals surface area contributed by atoms with Crippen LogP contribution in [0.4, 0.5) is 0 Å². The van der Waals surface area contributed by atoms with Gasteiger partial charge in [0.2, 0.25) is 0 Å². The molecule has 1 fully saturated rings. The van der Waals surface area contributed by atoms with Crippen LogP contribution in [0.1, 0.15) is 49.1 Å². The third-order valence-corrected chi connectivity index (χ3v) is 4.23. The number of aryl methyl sites for hydroxylation is 1. The van der Waals surface area contributed by atoms with E-state index in [2.05, 4.69) is 15.3 Å². The molecule has 0 radical (unpaired) electrons. The zero-order chi connectivity index (χ0) is 11.5. The number of hydrogen-bond donors (Lipinski definition) is 1. The Morgan fingerprint density at radius 2 is 2.12 bits per heavy atom. The monoisotopic (exact) mass is 231 g/mol. The fraction of sp³-hybridized carbons (Fsp3) is 0.714. The molecule has 1 aromatic heterocycles. The first kappa shape index (κ1) is 11.1. The molecule has 1 aliphatic carbocycles. The summed E-state index contributed by atoms with van der Waals surface area (Å²) in [5.41, 5.74) is 3.96. The Morgan fingerprint density at radius 1 is 1.24 bits per heavy atom. The smallest absolute Gasteiger partial charge is 0.115 e. The largest absolute Gasteiger partial charge is 0.312 e.